The van der Waals surface area contributed by atoms with E-state index >= 15 is 0 Å². The number of carbonyl (C=O) groups is 1. The van der Waals surface area contributed by atoms with Gasteiger partial charge in [-0.15, -0.1) is 10.2 Å². The van der Waals surface area contributed by atoms with Crippen LogP contribution in [0.25, 0.3) is 11.4 Å². The monoisotopic (exact) mass is 436 g/mol. The number of aryl methyl sites for hydroxylation is 1. The second-order valence-corrected chi connectivity index (χ2v) is 8.41. The Bertz CT molecular complexity index is 1120. The third kappa shape index (κ3) is 6.66. The van der Waals surface area contributed by atoms with E-state index in [4.69, 9.17) is 9.47 Å². The van der Waals surface area contributed by atoms with Gasteiger partial charge in [-0.2, -0.15) is 0 Å². The molecule has 0 aliphatic carbocycles. The fourth-order valence-corrected chi connectivity index (χ4v) is 3.00. The average molecular weight is 437 g/mol. The topological polar surface area (TPSA) is 106 Å². The summed E-state index contributed by atoms with van der Waals surface area (Å²) in [7, 11) is 1.63. The molecule has 0 bridgehead atoms. The highest BCUT2D eigenvalue weighted by Crippen LogP contribution is 2.20. The van der Waals surface area contributed by atoms with Crippen molar-refractivity contribution in [3.63, 3.8) is 0 Å². The van der Waals surface area contributed by atoms with Crippen molar-refractivity contribution in [2.45, 2.75) is 45.8 Å². The predicted molar refractivity (Wildman–Crippen MR) is 122 cm³/mol. The van der Waals surface area contributed by atoms with Gasteiger partial charge in [-0.3, -0.25) is 9.59 Å². The van der Waals surface area contributed by atoms with Crippen LogP contribution in [0.1, 0.15) is 38.4 Å². The molecule has 3 aromatic rings. The maximum absolute atomic E-state index is 12.4. The van der Waals surface area contributed by atoms with Crippen LogP contribution in [0, 0.1) is 0 Å². The molecule has 2 N–H and O–H groups in total. The first-order valence-electron chi connectivity index (χ1n) is 10.4. The van der Waals surface area contributed by atoms with Crippen LogP contribution in [-0.4, -0.2) is 33.7 Å². The minimum atomic E-state index is -0.350. The quantitative estimate of drug-likeness (QED) is 0.561. The fraction of sp³-hybridized carbons (Fsp3) is 0.333. The van der Waals surface area contributed by atoms with Crippen molar-refractivity contribution in [2.24, 2.45) is 0 Å². The number of amides is 1. The van der Waals surface area contributed by atoms with E-state index in [9.17, 15) is 9.59 Å². The van der Waals surface area contributed by atoms with E-state index in [1.54, 1.807) is 31.4 Å². The molecule has 2 aromatic carbocycles. The summed E-state index contributed by atoms with van der Waals surface area (Å²) in [6.45, 7) is 6.12. The molecule has 0 atom stereocenters. The van der Waals surface area contributed by atoms with E-state index in [-0.39, 0.29) is 35.5 Å². The summed E-state index contributed by atoms with van der Waals surface area (Å²) in [6.07, 6.45) is 0.398. The molecule has 3 rings (SSSR count). The number of ether oxygens (including phenoxy) is 2. The maximum atomic E-state index is 12.4. The molecule has 0 radical (unpaired) electrons. The first-order chi connectivity index (χ1) is 15.2. The Kier molecular flexibility index (Phi) is 7.25. The smallest absolute Gasteiger partial charge is 0.273 e. The highest BCUT2D eigenvalue weighted by Gasteiger charge is 2.15. The summed E-state index contributed by atoms with van der Waals surface area (Å²) >= 11 is 0. The van der Waals surface area contributed by atoms with Crippen molar-refractivity contribution in [3.8, 4) is 22.9 Å². The van der Waals surface area contributed by atoms with Crippen LogP contribution in [0.15, 0.2) is 53.3 Å². The first-order valence-corrected chi connectivity index (χ1v) is 10.4. The van der Waals surface area contributed by atoms with Gasteiger partial charge in [0.15, 0.2) is 5.82 Å². The number of aromatic amines is 1. The molecule has 0 aliphatic heterocycles. The minimum absolute atomic E-state index is 0.132. The van der Waals surface area contributed by atoms with Crippen LogP contribution >= 0.6 is 0 Å². The summed E-state index contributed by atoms with van der Waals surface area (Å²) in [5, 5.41) is 11.0. The molecule has 1 aromatic heterocycles. The lowest BCUT2D eigenvalue weighted by atomic mass is 10.1. The molecule has 0 saturated heterocycles. The van der Waals surface area contributed by atoms with Crippen LogP contribution in [-0.2, 0) is 17.8 Å². The van der Waals surface area contributed by atoms with Gasteiger partial charge in [0, 0.05) is 23.9 Å². The van der Waals surface area contributed by atoms with Crippen molar-refractivity contribution >= 4 is 5.91 Å². The number of carbonyl (C=O) groups excluding carboxylic acids is 1. The van der Waals surface area contributed by atoms with Gasteiger partial charge in [-0.05, 0) is 62.7 Å². The number of nitrogens with one attached hydrogen (secondary N) is 2. The van der Waals surface area contributed by atoms with Gasteiger partial charge < -0.3 is 19.8 Å². The van der Waals surface area contributed by atoms with Crippen molar-refractivity contribution in [3.05, 3.63) is 70.1 Å². The number of methoxy groups -OCH3 is 1. The zero-order chi connectivity index (χ0) is 23.1. The molecule has 168 valence electrons. The van der Waals surface area contributed by atoms with Crippen LogP contribution in [0.4, 0.5) is 0 Å². The van der Waals surface area contributed by atoms with Crippen LogP contribution < -0.4 is 20.3 Å². The fourth-order valence-electron chi connectivity index (χ4n) is 3.00. The number of nitrogens with zero attached hydrogens (tertiary/aromatic N) is 2. The third-order valence-corrected chi connectivity index (χ3v) is 4.54. The number of rotatable bonds is 8. The molecule has 32 heavy (non-hydrogen) atoms. The summed E-state index contributed by atoms with van der Waals surface area (Å²) in [4.78, 5) is 27.1. The van der Waals surface area contributed by atoms with Crippen molar-refractivity contribution < 1.29 is 14.3 Å². The lowest BCUT2D eigenvalue weighted by molar-refractivity contribution is -0.122. The zero-order valence-corrected chi connectivity index (χ0v) is 18.8. The lowest BCUT2D eigenvalue weighted by Crippen LogP contribution is -2.40. The van der Waals surface area contributed by atoms with E-state index in [0.717, 1.165) is 11.3 Å². The summed E-state index contributed by atoms with van der Waals surface area (Å²) in [6, 6.07) is 14.9. The largest absolute Gasteiger partial charge is 0.497 e. The van der Waals surface area contributed by atoms with Gasteiger partial charge in [-0.25, -0.2) is 0 Å². The van der Waals surface area contributed by atoms with E-state index < -0.39 is 0 Å². The van der Waals surface area contributed by atoms with E-state index in [0.29, 0.717) is 23.7 Å². The van der Waals surface area contributed by atoms with Gasteiger partial charge >= 0.3 is 0 Å². The normalized spacial score (nSPS) is 11.1. The van der Waals surface area contributed by atoms with Crippen LogP contribution in [0.5, 0.6) is 11.5 Å². The van der Waals surface area contributed by atoms with Gasteiger partial charge in [-0.1, -0.05) is 12.1 Å². The number of benzene rings is 2. The standard InChI is InChI=1S/C24H28N4O4/c1-24(2,3)26-21(29)13-12-20-23(30)25-22(28-27-20)17-8-10-18(11-9-17)32-15-16-6-5-7-19(14-16)31-4/h5-11,14H,12-13,15H2,1-4H3,(H,26,29)(H,25,28,30). The maximum Gasteiger partial charge on any atom is 0.273 e. The SMILES string of the molecule is COc1cccc(COc2ccc(-c3nnc(CCC(=O)NC(C)(C)C)c(=O)[nH]3)cc2)c1. The Morgan fingerprint density at radius 2 is 1.81 bits per heavy atom. The number of H-pyrrole nitrogens is 1. The zero-order valence-electron chi connectivity index (χ0n) is 18.8. The van der Waals surface area contributed by atoms with E-state index in [2.05, 4.69) is 20.5 Å². The van der Waals surface area contributed by atoms with Crippen LogP contribution in [0.2, 0.25) is 0 Å². The molecular weight excluding hydrogens is 408 g/mol. The van der Waals surface area contributed by atoms with Gasteiger partial charge in [0.2, 0.25) is 5.91 Å². The summed E-state index contributed by atoms with van der Waals surface area (Å²) < 4.78 is 11.0. The predicted octanol–water partition coefficient (Wildman–Crippen LogP) is 3.27. The summed E-state index contributed by atoms with van der Waals surface area (Å²) in [5.41, 5.74) is 1.27. The molecule has 0 unspecified atom stereocenters. The van der Waals surface area contributed by atoms with Crippen molar-refractivity contribution in [1.82, 2.24) is 20.5 Å². The van der Waals surface area contributed by atoms with Gasteiger partial charge in [0.1, 0.15) is 23.8 Å². The van der Waals surface area contributed by atoms with Crippen LogP contribution in [0.3, 0.4) is 0 Å². The van der Waals surface area contributed by atoms with E-state index in [1.165, 1.54) is 0 Å². The molecule has 8 nitrogen and oxygen atoms in total. The van der Waals surface area contributed by atoms with E-state index in [1.807, 2.05) is 45.0 Å². The number of aromatic nitrogens is 3. The number of hydrogen-bond acceptors (Lipinski definition) is 6. The molecule has 0 spiro atoms. The Morgan fingerprint density at radius 1 is 1.06 bits per heavy atom. The average Bonchev–Trinajstić information content (AvgIpc) is 2.76. The Morgan fingerprint density at radius 3 is 2.47 bits per heavy atom. The first kappa shape index (κ1) is 23.0. The van der Waals surface area contributed by atoms with Crippen molar-refractivity contribution in [1.29, 1.82) is 0 Å². The number of hydrogen-bond donors (Lipinski definition) is 2. The Balaban J connectivity index is 1.60. The highest BCUT2D eigenvalue weighted by atomic mass is 16.5. The second kappa shape index (κ2) is 10.1. The van der Waals surface area contributed by atoms with Crippen molar-refractivity contribution in [2.75, 3.05) is 7.11 Å². The molecule has 1 heterocycles. The van der Waals surface area contributed by atoms with Gasteiger partial charge in [0.25, 0.3) is 5.56 Å². The highest BCUT2D eigenvalue weighted by molar-refractivity contribution is 5.76. The Hall–Kier alpha value is -3.68. The second-order valence-electron chi connectivity index (χ2n) is 8.41. The minimum Gasteiger partial charge on any atom is -0.497 e. The Labute approximate surface area is 187 Å². The molecule has 1 amide bonds. The molecule has 0 saturated carbocycles. The molecule has 0 aliphatic rings. The molecular formula is C24H28N4O4. The summed E-state index contributed by atoms with van der Waals surface area (Å²) in [5.74, 6) is 1.69. The van der Waals surface area contributed by atoms with Gasteiger partial charge in [0.05, 0.1) is 7.11 Å². The molecule has 8 heteroatoms. The lowest BCUT2D eigenvalue weighted by Gasteiger charge is -2.20. The third-order valence-electron chi connectivity index (χ3n) is 4.54. The molecule has 0 fully saturated rings.